The van der Waals surface area contributed by atoms with E-state index in [1.165, 1.54) is 11.1 Å². The molecule has 1 unspecified atom stereocenters. The Kier molecular flexibility index (Phi) is 6.52. The summed E-state index contributed by atoms with van der Waals surface area (Å²) < 4.78 is 5.78. The summed E-state index contributed by atoms with van der Waals surface area (Å²) in [5.74, 6) is 0.607. The third kappa shape index (κ3) is 5.32. The third-order valence-corrected chi connectivity index (χ3v) is 5.36. The van der Waals surface area contributed by atoms with E-state index >= 15 is 0 Å². The van der Waals surface area contributed by atoms with Crippen LogP contribution in [0, 0.1) is 0 Å². The molecule has 5 nitrogen and oxygen atoms in total. The molecular weight excluding hydrogens is 376 g/mol. The number of rotatable bonds is 8. The van der Waals surface area contributed by atoms with Gasteiger partial charge < -0.3 is 9.84 Å². The molecule has 0 radical (unpaired) electrons. The smallest absolute Gasteiger partial charge is 0.167 e. The third-order valence-electron chi connectivity index (χ3n) is 5.36. The number of ketones is 1. The fourth-order valence-electron chi connectivity index (χ4n) is 3.80. The van der Waals surface area contributed by atoms with Crippen molar-refractivity contribution in [1.29, 1.82) is 0 Å². The SMILES string of the molecule is O=C(Cc1cccnc1)c1cccc(OCC(O)CN2CCc3ccccc3C2)c1. The summed E-state index contributed by atoms with van der Waals surface area (Å²) >= 11 is 0. The van der Waals surface area contributed by atoms with Crippen molar-refractivity contribution in [3.05, 3.63) is 95.3 Å². The highest BCUT2D eigenvalue weighted by Gasteiger charge is 2.19. The molecule has 1 atom stereocenters. The number of benzene rings is 2. The zero-order chi connectivity index (χ0) is 20.8. The van der Waals surface area contributed by atoms with Crippen LogP contribution in [0.1, 0.15) is 27.0 Å². The molecule has 154 valence electrons. The first-order valence-electron chi connectivity index (χ1n) is 10.3. The van der Waals surface area contributed by atoms with Crippen molar-refractivity contribution in [2.75, 3.05) is 19.7 Å². The molecule has 0 saturated carbocycles. The molecule has 30 heavy (non-hydrogen) atoms. The molecule has 4 rings (SSSR count). The van der Waals surface area contributed by atoms with Gasteiger partial charge in [0.1, 0.15) is 18.5 Å². The molecule has 0 aliphatic carbocycles. The Morgan fingerprint density at radius 3 is 2.80 bits per heavy atom. The van der Waals surface area contributed by atoms with Crippen LogP contribution in [0.5, 0.6) is 5.75 Å². The van der Waals surface area contributed by atoms with E-state index in [-0.39, 0.29) is 12.4 Å². The quantitative estimate of drug-likeness (QED) is 0.586. The fourth-order valence-corrected chi connectivity index (χ4v) is 3.80. The number of aliphatic hydroxyl groups excluding tert-OH is 1. The minimum Gasteiger partial charge on any atom is -0.491 e. The Morgan fingerprint density at radius 1 is 1.10 bits per heavy atom. The van der Waals surface area contributed by atoms with E-state index in [9.17, 15) is 9.90 Å². The van der Waals surface area contributed by atoms with Gasteiger partial charge in [-0.2, -0.15) is 0 Å². The predicted octanol–water partition coefficient (Wildman–Crippen LogP) is 3.31. The van der Waals surface area contributed by atoms with E-state index < -0.39 is 6.10 Å². The monoisotopic (exact) mass is 402 g/mol. The molecule has 1 aliphatic heterocycles. The van der Waals surface area contributed by atoms with Gasteiger partial charge in [0.25, 0.3) is 0 Å². The maximum absolute atomic E-state index is 12.5. The van der Waals surface area contributed by atoms with E-state index in [2.05, 4.69) is 34.1 Å². The van der Waals surface area contributed by atoms with Gasteiger partial charge in [0.05, 0.1) is 0 Å². The van der Waals surface area contributed by atoms with Crippen LogP contribution < -0.4 is 4.74 Å². The van der Waals surface area contributed by atoms with Crippen molar-refractivity contribution in [3.63, 3.8) is 0 Å². The summed E-state index contributed by atoms with van der Waals surface area (Å²) in [6.45, 7) is 2.55. The maximum atomic E-state index is 12.5. The molecule has 3 aromatic rings. The number of β-amino-alcohol motifs (C(OH)–C–C–N with tert-alkyl or cyclic N) is 1. The summed E-state index contributed by atoms with van der Waals surface area (Å²) in [6, 6.07) is 19.3. The highest BCUT2D eigenvalue weighted by molar-refractivity contribution is 5.97. The van der Waals surface area contributed by atoms with Crippen molar-refractivity contribution >= 4 is 5.78 Å². The summed E-state index contributed by atoms with van der Waals surface area (Å²) in [6.07, 6.45) is 4.11. The lowest BCUT2D eigenvalue weighted by atomic mass is 10.00. The number of hydrogen-bond acceptors (Lipinski definition) is 5. The minimum atomic E-state index is -0.593. The first kappa shape index (κ1) is 20.3. The van der Waals surface area contributed by atoms with Crippen LogP contribution in [0.15, 0.2) is 73.1 Å². The fraction of sp³-hybridized carbons (Fsp3) is 0.280. The number of aromatic nitrogens is 1. The van der Waals surface area contributed by atoms with Crippen LogP contribution in [-0.4, -0.2) is 46.6 Å². The molecule has 0 fully saturated rings. The molecule has 2 heterocycles. The van der Waals surface area contributed by atoms with Gasteiger partial charge in [-0.15, -0.1) is 0 Å². The Bertz CT molecular complexity index is 990. The second-order valence-corrected chi connectivity index (χ2v) is 7.71. The van der Waals surface area contributed by atoms with Crippen molar-refractivity contribution in [2.45, 2.75) is 25.5 Å². The number of Topliss-reactive ketones (excluding diaryl/α,β-unsaturated/α-hetero) is 1. The molecular formula is C25H26N2O3. The van der Waals surface area contributed by atoms with Crippen molar-refractivity contribution in [1.82, 2.24) is 9.88 Å². The number of nitrogens with zero attached hydrogens (tertiary/aromatic N) is 2. The van der Waals surface area contributed by atoms with Crippen LogP contribution in [-0.2, 0) is 19.4 Å². The molecule has 5 heteroatoms. The molecule has 2 aromatic carbocycles. The van der Waals surface area contributed by atoms with Gasteiger partial charge in [-0.3, -0.25) is 14.7 Å². The molecule has 1 N–H and O–H groups in total. The van der Waals surface area contributed by atoms with Crippen molar-refractivity contribution in [2.24, 2.45) is 0 Å². The Balaban J connectivity index is 1.28. The van der Waals surface area contributed by atoms with Gasteiger partial charge in [-0.25, -0.2) is 0 Å². The Morgan fingerprint density at radius 2 is 1.97 bits per heavy atom. The first-order valence-corrected chi connectivity index (χ1v) is 10.3. The van der Waals surface area contributed by atoms with Crippen LogP contribution in [0.3, 0.4) is 0 Å². The lowest BCUT2D eigenvalue weighted by Crippen LogP contribution is -2.38. The average molecular weight is 402 g/mol. The van der Waals surface area contributed by atoms with Gasteiger partial charge in [-0.1, -0.05) is 42.5 Å². The highest BCUT2D eigenvalue weighted by Crippen LogP contribution is 2.19. The number of pyridine rings is 1. The van der Waals surface area contributed by atoms with Crippen molar-refractivity contribution < 1.29 is 14.6 Å². The zero-order valence-electron chi connectivity index (χ0n) is 16.9. The first-order chi connectivity index (χ1) is 14.7. The minimum absolute atomic E-state index is 0.0148. The Labute approximate surface area is 177 Å². The summed E-state index contributed by atoms with van der Waals surface area (Å²) in [4.78, 5) is 18.8. The number of aliphatic hydroxyl groups is 1. The van der Waals surface area contributed by atoms with E-state index in [1.54, 1.807) is 30.6 Å². The summed E-state index contributed by atoms with van der Waals surface area (Å²) in [7, 11) is 0. The van der Waals surface area contributed by atoms with E-state index in [4.69, 9.17) is 4.74 Å². The number of ether oxygens (including phenoxy) is 1. The zero-order valence-corrected chi connectivity index (χ0v) is 16.9. The number of carbonyl (C=O) groups excluding carboxylic acids is 1. The van der Waals surface area contributed by atoms with E-state index in [1.807, 2.05) is 18.2 Å². The lowest BCUT2D eigenvalue weighted by Gasteiger charge is -2.30. The highest BCUT2D eigenvalue weighted by atomic mass is 16.5. The van der Waals surface area contributed by atoms with Crippen molar-refractivity contribution in [3.8, 4) is 5.75 Å². The summed E-state index contributed by atoms with van der Waals surface area (Å²) in [5, 5.41) is 10.4. The van der Waals surface area contributed by atoms with Crippen LogP contribution in [0.2, 0.25) is 0 Å². The second-order valence-electron chi connectivity index (χ2n) is 7.71. The molecule has 0 amide bonds. The largest absolute Gasteiger partial charge is 0.491 e. The normalized spacial score (nSPS) is 14.7. The molecule has 1 aromatic heterocycles. The maximum Gasteiger partial charge on any atom is 0.167 e. The second kappa shape index (κ2) is 9.65. The molecule has 0 saturated heterocycles. The number of hydrogen-bond donors (Lipinski definition) is 1. The van der Waals surface area contributed by atoms with Gasteiger partial charge in [0.2, 0.25) is 0 Å². The lowest BCUT2D eigenvalue weighted by molar-refractivity contribution is 0.0637. The van der Waals surface area contributed by atoms with Crippen LogP contribution >= 0.6 is 0 Å². The van der Waals surface area contributed by atoms with Gasteiger partial charge in [0.15, 0.2) is 5.78 Å². The number of fused-ring (bicyclic) bond motifs is 1. The molecule has 1 aliphatic rings. The van der Waals surface area contributed by atoms with E-state index in [0.29, 0.717) is 24.3 Å². The topological polar surface area (TPSA) is 62.7 Å². The van der Waals surface area contributed by atoms with Crippen LogP contribution in [0.25, 0.3) is 0 Å². The van der Waals surface area contributed by atoms with Gasteiger partial charge in [0, 0.05) is 44.0 Å². The molecule has 0 spiro atoms. The summed E-state index contributed by atoms with van der Waals surface area (Å²) in [5.41, 5.74) is 4.20. The number of carbonyl (C=O) groups is 1. The average Bonchev–Trinajstić information content (AvgIpc) is 2.78. The van der Waals surface area contributed by atoms with Gasteiger partial charge in [-0.05, 0) is 41.3 Å². The van der Waals surface area contributed by atoms with Crippen LogP contribution in [0.4, 0.5) is 0 Å². The van der Waals surface area contributed by atoms with Gasteiger partial charge >= 0.3 is 0 Å². The predicted molar refractivity (Wildman–Crippen MR) is 116 cm³/mol. The molecule has 0 bridgehead atoms. The standard InChI is InChI=1S/C25H26N2O3/c28-23(17-27-12-10-20-6-1-2-7-22(20)16-27)18-30-24-9-3-8-21(14-24)25(29)13-19-5-4-11-26-15-19/h1-9,11,14-15,23,28H,10,12-13,16-18H2. The van der Waals surface area contributed by atoms with E-state index in [0.717, 1.165) is 25.1 Å². The Hall–Kier alpha value is -3.02.